The highest BCUT2D eigenvalue weighted by Gasteiger charge is 2.15. The summed E-state index contributed by atoms with van der Waals surface area (Å²) in [4.78, 5) is 2.35. The number of nitrogens with zero attached hydrogens (tertiary/aromatic N) is 1. The second-order valence-corrected chi connectivity index (χ2v) is 16.9. The fourth-order valence-corrected chi connectivity index (χ4v) is 9.13. The minimum atomic E-state index is 1.09. The average Bonchev–Trinajstić information content (AvgIpc) is 3.42. The predicted octanol–water partition coefficient (Wildman–Crippen LogP) is 18.5. The van der Waals surface area contributed by atoms with Crippen LogP contribution in [0.15, 0.2) is 285 Å². The van der Waals surface area contributed by atoms with Crippen LogP contribution in [0, 0.1) is 0 Å². The summed E-state index contributed by atoms with van der Waals surface area (Å²) < 4.78 is 0. The van der Waals surface area contributed by atoms with Gasteiger partial charge in [-0.3, -0.25) is 0 Å². The summed E-state index contributed by atoms with van der Waals surface area (Å²) in [6, 6.07) is 103. The van der Waals surface area contributed by atoms with Crippen molar-refractivity contribution in [1.29, 1.82) is 0 Å². The SMILES string of the molecule is c1ccc(-c2ccc(-c3ccc(-c4ccccc4-c4ccc(N(c5ccc(-c6ccc(-c7ccccc7)cc6)cc5)c5ccc(-c6ccc(-c7ccccc7)cc6)cc5)cc4)cc3)cc2)cc1. The summed E-state index contributed by atoms with van der Waals surface area (Å²) in [5.41, 5.74) is 22.5. The largest absolute Gasteiger partial charge is 0.311 e. The predicted molar refractivity (Wildman–Crippen MR) is 285 cm³/mol. The summed E-state index contributed by atoms with van der Waals surface area (Å²) >= 11 is 0. The second kappa shape index (κ2) is 18.7. The highest BCUT2D eigenvalue weighted by Crippen LogP contribution is 2.40. The maximum Gasteiger partial charge on any atom is 0.0462 e. The van der Waals surface area contributed by atoms with E-state index in [-0.39, 0.29) is 0 Å². The first-order valence-corrected chi connectivity index (χ1v) is 23.0. The van der Waals surface area contributed by atoms with Crippen molar-refractivity contribution in [3.05, 3.63) is 285 Å². The molecular formula is C66H47N. The van der Waals surface area contributed by atoms with E-state index in [4.69, 9.17) is 0 Å². The molecule has 0 atom stereocenters. The van der Waals surface area contributed by atoms with Crippen molar-refractivity contribution in [2.75, 3.05) is 4.90 Å². The number of rotatable bonds is 11. The molecule has 0 fully saturated rings. The van der Waals surface area contributed by atoms with Gasteiger partial charge in [0.05, 0.1) is 0 Å². The molecule has 0 aromatic heterocycles. The second-order valence-electron chi connectivity index (χ2n) is 16.9. The van der Waals surface area contributed by atoms with Gasteiger partial charge in [-0.1, -0.05) is 249 Å². The third-order valence-corrected chi connectivity index (χ3v) is 12.8. The highest BCUT2D eigenvalue weighted by molar-refractivity contribution is 5.87. The molecule has 0 N–H and O–H groups in total. The van der Waals surface area contributed by atoms with Gasteiger partial charge >= 0.3 is 0 Å². The Morgan fingerprint density at radius 1 is 0.134 bits per heavy atom. The Kier molecular flexibility index (Phi) is 11.5. The third-order valence-electron chi connectivity index (χ3n) is 12.8. The van der Waals surface area contributed by atoms with Gasteiger partial charge in [-0.2, -0.15) is 0 Å². The topological polar surface area (TPSA) is 3.24 Å². The molecule has 0 saturated carbocycles. The van der Waals surface area contributed by atoms with Crippen LogP contribution >= 0.6 is 0 Å². The van der Waals surface area contributed by atoms with Gasteiger partial charge in [0.25, 0.3) is 0 Å². The summed E-state index contributed by atoms with van der Waals surface area (Å²) in [7, 11) is 0. The van der Waals surface area contributed by atoms with Crippen LogP contribution in [-0.4, -0.2) is 0 Å². The van der Waals surface area contributed by atoms with E-state index in [9.17, 15) is 0 Å². The standard InChI is InChI=1S/C66H47N/c1-4-12-48(13-5-1)51-20-26-54(27-21-51)57-32-34-60(35-33-57)65-18-10-11-19-66(65)61-40-46-64(47-41-61)67(62-42-36-58(37-43-62)55-28-22-52(23-29-55)49-14-6-2-7-15-49)63-44-38-59(39-45-63)56-30-24-53(25-31-56)50-16-8-3-9-17-50/h1-47H. The Hall–Kier alpha value is -8.78. The molecule has 0 radical (unpaired) electrons. The molecule has 67 heavy (non-hydrogen) atoms. The van der Waals surface area contributed by atoms with Gasteiger partial charge in [-0.05, 0) is 125 Å². The van der Waals surface area contributed by atoms with Gasteiger partial charge in [0.15, 0.2) is 0 Å². The van der Waals surface area contributed by atoms with Crippen molar-refractivity contribution in [2.24, 2.45) is 0 Å². The van der Waals surface area contributed by atoms with Crippen LogP contribution in [-0.2, 0) is 0 Å². The third kappa shape index (κ3) is 8.87. The van der Waals surface area contributed by atoms with E-state index in [0.29, 0.717) is 0 Å². The monoisotopic (exact) mass is 853 g/mol. The fourth-order valence-electron chi connectivity index (χ4n) is 9.13. The first kappa shape index (κ1) is 41.0. The molecule has 0 amide bonds. The lowest BCUT2D eigenvalue weighted by molar-refractivity contribution is 1.28. The number of hydrogen-bond acceptors (Lipinski definition) is 1. The lowest BCUT2D eigenvalue weighted by Crippen LogP contribution is -2.09. The molecule has 0 heterocycles. The molecule has 0 bridgehead atoms. The zero-order valence-corrected chi connectivity index (χ0v) is 37.1. The van der Waals surface area contributed by atoms with Crippen LogP contribution in [0.4, 0.5) is 17.1 Å². The normalized spacial score (nSPS) is 11.0. The smallest absolute Gasteiger partial charge is 0.0462 e. The first-order chi connectivity index (χ1) is 33.2. The Bertz CT molecular complexity index is 3210. The van der Waals surface area contributed by atoms with E-state index in [1.807, 2.05) is 0 Å². The van der Waals surface area contributed by atoms with Crippen molar-refractivity contribution in [1.82, 2.24) is 0 Å². The molecule has 1 heteroatoms. The Labute approximate surface area is 394 Å². The highest BCUT2D eigenvalue weighted by atomic mass is 15.1. The average molecular weight is 854 g/mol. The molecular weight excluding hydrogens is 807 g/mol. The lowest BCUT2D eigenvalue weighted by atomic mass is 9.93. The Balaban J connectivity index is 0.885. The molecule has 316 valence electrons. The van der Waals surface area contributed by atoms with Crippen LogP contribution in [0.2, 0.25) is 0 Å². The zero-order chi connectivity index (χ0) is 44.8. The van der Waals surface area contributed by atoms with Crippen LogP contribution in [0.5, 0.6) is 0 Å². The van der Waals surface area contributed by atoms with E-state index in [2.05, 4.69) is 290 Å². The van der Waals surface area contributed by atoms with Crippen LogP contribution in [0.1, 0.15) is 0 Å². The number of benzene rings is 11. The molecule has 0 aliphatic heterocycles. The van der Waals surface area contributed by atoms with Gasteiger partial charge in [0.1, 0.15) is 0 Å². The lowest BCUT2D eigenvalue weighted by Gasteiger charge is -2.26. The number of anilines is 3. The van der Waals surface area contributed by atoms with Crippen molar-refractivity contribution in [3.8, 4) is 89.0 Å². The Morgan fingerprint density at radius 2 is 0.299 bits per heavy atom. The van der Waals surface area contributed by atoms with Gasteiger partial charge in [0.2, 0.25) is 0 Å². The molecule has 0 aliphatic rings. The summed E-state index contributed by atoms with van der Waals surface area (Å²) in [6.07, 6.45) is 0. The van der Waals surface area contributed by atoms with Crippen molar-refractivity contribution < 1.29 is 0 Å². The van der Waals surface area contributed by atoms with E-state index in [0.717, 1.165) is 17.1 Å². The minimum absolute atomic E-state index is 1.09. The molecule has 0 spiro atoms. The molecule has 11 rings (SSSR count). The summed E-state index contributed by atoms with van der Waals surface area (Å²) in [5, 5.41) is 0. The molecule has 11 aromatic carbocycles. The minimum Gasteiger partial charge on any atom is -0.311 e. The first-order valence-electron chi connectivity index (χ1n) is 23.0. The van der Waals surface area contributed by atoms with E-state index >= 15 is 0 Å². The van der Waals surface area contributed by atoms with E-state index < -0.39 is 0 Å². The van der Waals surface area contributed by atoms with E-state index in [1.54, 1.807) is 0 Å². The molecule has 1 nitrogen and oxygen atoms in total. The summed E-state index contributed by atoms with van der Waals surface area (Å²) in [6.45, 7) is 0. The van der Waals surface area contributed by atoms with Crippen LogP contribution < -0.4 is 4.90 Å². The quantitative estimate of drug-likeness (QED) is 0.125. The van der Waals surface area contributed by atoms with Gasteiger partial charge in [-0.25, -0.2) is 0 Å². The fraction of sp³-hybridized carbons (Fsp3) is 0. The maximum atomic E-state index is 2.35. The van der Waals surface area contributed by atoms with Gasteiger partial charge in [0, 0.05) is 17.1 Å². The molecule has 11 aromatic rings. The van der Waals surface area contributed by atoms with Crippen LogP contribution in [0.3, 0.4) is 0 Å². The van der Waals surface area contributed by atoms with Crippen molar-refractivity contribution in [2.45, 2.75) is 0 Å². The molecule has 0 unspecified atom stereocenters. The van der Waals surface area contributed by atoms with Crippen molar-refractivity contribution in [3.63, 3.8) is 0 Å². The van der Waals surface area contributed by atoms with Crippen molar-refractivity contribution >= 4 is 17.1 Å². The van der Waals surface area contributed by atoms with Crippen LogP contribution in [0.25, 0.3) is 89.0 Å². The Morgan fingerprint density at radius 3 is 0.537 bits per heavy atom. The maximum absolute atomic E-state index is 2.35. The van der Waals surface area contributed by atoms with E-state index in [1.165, 1.54) is 89.0 Å². The molecule has 0 saturated heterocycles. The number of hydrogen-bond donors (Lipinski definition) is 0. The van der Waals surface area contributed by atoms with Gasteiger partial charge < -0.3 is 4.90 Å². The van der Waals surface area contributed by atoms with Gasteiger partial charge in [-0.15, -0.1) is 0 Å². The molecule has 0 aliphatic carbocycles. The zero-order valence-electron chi connectivity index (χ0n) is 37.1. The summed E-state index contributed by atoms with van der Waals surface area (Å²) in [5.74, 6) is 0.